The third-order valence-electron chi connectivity index (χ3n) is 5.40. The second-order valence-corrected chi connectivity index (χ2v) is 8.47. The van der Waals surface area contributed by atoms with Crippen LogP contribution in [0.3, 0.4) is 0 Å². The molecule has 1 unspecified atom stereocenters. The number of aromatic nitrogens is 3. The Labute approximate surface area is 173 Å². The van der Waals surface area contributed by atoms with Gasteiger partial charge in [0.1, 0.15) is 0 Å². The molecule has 29 heavy (non-hydrogen) atoms. The van der Waals surface area contributed by atoms with E-state index in [0.717, 1.165) is 35.6 Å². The van der Waals surface area contributed by atoms with Gasteiger partial charge in [0.25, 0.3) is 0 Å². The molecule has 2 aromatic carbocycles. The monoisotopic (exact) mass is 402 g/mol. The zero-order valence-corrected chi connectivity index (χ0v) is 16.9. The van der Waals surface area contributed by atoms with Gasteiger partial charge in [0.05, 0.1) is 15.2 Å². The average molecular weight is 403 g/mol. The van der Waals surface area contributed by atoms with Crippen LogP contribution < -0.4 is 4.90 Å². The van der Waals surface area contributed by atoms with Crippen molar-refractivity contribution in [2.45, 2.75) is 19.3 Å². The first-order chi connectivity index (χ1) is 14.3. The third-order valence-corrected chi connectivity index (χ3v) is 6.49. The van der Waals surface area contributed by atoms with E-state index in [1.165, 1.54) is 16.8 Å². The van der Waals surface area contributed by atoms with E-state index in [1.54, 1.807) is 11.3 Å². The van der Waals surface area contributed by atoms with Gasteiger partial charge in [0, 0.05) is 37.2 Å². The fourth-order valence-corrected chi connectivity index (χ4v) is 4.71. The summed E-state index contributed by atoms with van der Waals surface area (Å²) in [4.78, 5) is 7.07. The molecule has 1 fully saturated rings. The molecule has 0 spiro atoms. The minimum atomic E-state index is 0.571. The lowest BCUT2D eigenvalue weighted by Gasteiger charge is -2.18. The zero-order valence-electron chi connectivity index (χ0n) is 16.1. The lowest BCUT2D eigenvalue weighted by molar-refractivity contribution is 0.504. The maximum atomic E-state index is 5.89. The van der Waals surface area contributed by atoms with Crippen molar-refractivity contribution in [2.24, 2.45) is 5.92 Å². The number of anilines is 1. The molecule has 6 heteroatoms. The largest absolute Gasteiger partial charge is 0.421 e. The Hall–Kier alpha value is -2.99. The molecule has 2 aromatic heterocycles. The van der Waals surface area contributed by atoms with E-state index in [9.17, 15) is 0 Å². The molecule has 4 aromatic rings. The van der Waals surface area contributed by atoms with Crippen LogP contribution in [0.4, 0.5) is 5.69 Å². The quantitative estimate of drug-likeness (QED) is 0.418. The Morgan fingerprint density at radius 2 is 1.97 bits per heavy atom. The molecule has 1 saturated heterocycles. The summed E-state index contributed by atoms with van der Waals surface area (Å²) in [5, 5.41) is 9.55. The number of benzene rings is 2. The summed E-state index contributed by atoms with van der Waals surface area (Å²) in [6.07, 6.45) is 4.73. The molecule has 0 bridgehead atoms. The highest BCUT2D eigenvalue weighted by atomic mass is 32.1. The molecule has 146 valence electrons. The van der Waals surface area contributed by atoms with E-state index in [4.69, 9.17) is 4.42 Å². The Balaban J connectivity index is 1.24. The van der Waals surface area contributed by atoms with Crippen molar-refractivity contribution in [1.82, 2.24) is 15.2 Å². The highest BCUT2D eigenvalue weighted by Crippen LogP contribution is 2.27. The summed E-state index contributed by atoms with van der Waals surface area (Å²) in [7, 11) is 0. The molecule has 1 atom stereocenters. The molecule has 5 rings (SSSR count). The fourth-order valence-electron chi connectivity index (χ4n) is 3.74. The number of rotatable bonds is 6. The molecule has 5 nitrogen and oxygen atoms in total. The smallest absolute Gasteiger partial charge is 0.247 e. The van der Waals surface area contributed by atoms with Gasteiger partial charge in [-0.25, -0.2) is 4.98 Å². The van der Waals surface area contributed by atoms with E-state index < -0.39 is 0 Å². The van der Waals surface area contributed by atoms with Gasteiger partial charge in [-0.2, -0.15) is 0 Å². The number of hydrogen-bond donors (Lipinski definition) is 0. The van der Waals surface area contributed by atoms with Crippen molar-refractivity contribution in [3.05, 3.63) is 72.1 Å². The van der Waals surface area contributed by atoms with Crippen LogP contribution in [0.25, 0.3) is 21.7 Å². The summed E-state index contributed by atoms with van der Waals surface area (Å²) in [6.45, 7) is 6.03. The van der Waals surface area contributed by atoms with Crippen LogP contribution in [0.15, 0.2) is 65.6 Å². The summed E-state index contributed by atoms with van der Waals surface area (Å²) in [6, 6.07) is 16.6. The SMILES string of the molecule is C=CC1CCN(c2ccc(-c3nnc(CCc4nc5ccccc5s4)o3)cc2)C1. The van der Waals surface area contributed by atoms with Gasteiger partial charge in [0.2, 0.25) is 11.8 Å². The number of hydrogen-bond acceptors (Lipinski definition) is 6. The van der Waals surface area contributed by atoms with Crippen LogP contribution in [-0.2, 0) is 12.8 Å². The number of fused-ring (bicyclic) bond motifs is 1. The predicted octanol–water partition coefficient (Wildman–Crippen LogP) is 5.14. The molecule has 1 aliphatic heterocycles. The van der Waals surface area contributed by atoms with Crippen LogP contribution in [0.1, 0.15) is 17.3 Å². The van der Waals surface area contributed by atoms with Crippen molar-refractivity contribution in [1.29, 1.82) is 0 Å². The van der Waals surface area contributed by atoms with Gasteiger partial charge in [-0.05, 0) is 48.7 Å². The Bertz CT molecular complexity index is 1100. The molecule has 0 aliphatic carbocycles. The molecule has 0 saturated carbocycles. The van der Waals surface area contributed by atoms with E-state index in [2.05, 4.69) is 63.1 Å². The van der Waals surface area contributed by atoms with Crippen LogP contribution >= 0.6 is 11.3 Å². The van der Waals surface area contributed by atoms with Gasteiger partial charge in [-0.3, -0.25) is 0 Å². The molecular weight excluding hydrogens is 380 g/mol. The van der Waals surface area contributed by atoms with Crippen molar-refractivity contribution in [3.8, 4) is 11.5 Å². The minimum Gasteiger partial charge on any atom is -0.421 e. The number of nitrogens with zero attached hydrogens (tertiary/aromatic N) is 4. The minimum absolute atomic E-state index is 0.571. The first kappa shape index (κ1) is 18.1. The average Bonchev–Trinajstić information content (AvgIpc) is 3.51. The topological polar surface area (TPSA) is 55.1 Å². The number of thiazole rings is 1. The Morgan fingerprint density at radius 3 is 2.76 bits per heavy atom. The van der Waals surface area contributed by atoms with E-state index in [-0.39, 0.29) is 0 Å². The molecule has 3 heterocycles. The Kier molecular flexibility index (Phi) is 4.86. The second-order valence-electron chi connectivity index (χ2n) is 7.35. The van der Waals surface area contributed by atoms with E-state index >= 15 is 0 Å². The molecular formula is C23H22N4OS. The van der Waals surface area contributed by atoms with Gasteiger partial charge >= 0.3 is 0 Å². The van der Waals surface area contributed by atoms with Crippen molar-refractivity contribution < 1.29 is 4.42 Å². The third kappa shape index (κ3) is 3.80. The molecule has 0 N–H and O–H groups in total. The Morgan fingerprint density at radius 1 is 1.10 bits per heavy atom. The first-order valence-corrected chi connectivity index (χ1v) is 10.7. The standard InChI is InChI=1S/C23H22N4OS/c1-2-16-13-14-27(15-16)18-9-7-17(8-10-18)23-26-25-21(28-23)11-12-22-24-19-5-3-4-6-20(19)29-22/h2-10,16H,1,11-15H2. The number of para-hydroxylation sites is 1. The van der Waals surface area contributed by atoms with Crippen LogP contribution in [0.2, 0.25) is 0 Å². The van der Waals surface area contributed by atoms with Crippen molar-refractivity contribution in [3.63, 3.8) is 0 Å². The lowest BCUT2D eigenvalue weighted by atomic mass is 10.1. The lowest BCUT2D eigenvalue weighted by Crippen LogP contribution is -2.18. The maximum Gasteiger partial charge on any atom is 0.247 e. The summed E-state index contributed by atoms with van der Waals surface area (Å²) < 4.78 is 7.11. The molecule has 0 radical (unpaired) electrons. The zero-order chi connectivity index (χ0) is 19.6. The summed E-state index contributed by atoms with van der Waals surface area (Å²) >= 11 is 1.72. The van der Waals surface area contributed by atoms with E-state index in [0.29, 0.717) is 24.1 Å². The van der Waals surface area contributed by atoms with Crippen LogP contribution in [0.5, 0.6) is 0 Å². The summed E-state index contributed by atoms with van der Waals surface area (Å²) in [5.41, 5.74) is 3.23. The van der Waals surface area contributed by atoms with Gasteiger partial charge in [-0.1, -0.05) is 18.2 Å². The van der Waals surface area contributed by atoms with Crippen LogP contribution in [0, 0.1) is 5.92 Å². The number of aryl methyl sites for hydroxylation is 2. The maximum absolute atomic E-state index is 5.89. The molecule has 0 amide bonds. The predicted molar refractivity (Wildman–Crippen MR) is 117 cm³/mol. The van der Waals surface area contributed by atoms with Crippen molar-refractivity contribution in [2.75, 3.05) is 18.0 Å². The van der Waals surface area contributed by atoms with Crippen LogP contribution in [-0.4, -0.2) is 28.3 Å². The fraction of sp³-hybridized carbons (Fsp3) is 0.261. The normalized spacial score (nSPS) is 16.6. The van der Waals surface area contributed by atoms with E-state index in [1.807, 2.05) is 18.2 Å². The first-order valence-electron chi connectivity index (χ1n) is 9.93. The highest BCUT2D eigenvalue weighted by Gasteiger charge is 2.20. The van der Waals surface area contributed by atoms with Gasteiger partial charge < -0.3 is 9.32 Å². The highest BCUT2D eigenvalue weighted by molar-refractivity contribution is 7.18. The second kappa shape index (κ2) is 7.79. The summed E-state index contributed by atoms with van der Waals surface area (Å²) in [5.74, 6) is 1.81. The van der Waals surface area contributed by atoms with Crippen molar-refractivity contribution >= 4 is 27.2 Å². The molecule has 1 aliphatic rings. The van der Waals surface area contributed by atoms with Gasteiger partial charge in [0.15, 0.2) is 0 Å². The van der Waals surface area contributed by atoms with Gasteiger partial charge in [-0.15, -0.1) is 28.1 Å².